The molecule has 0 saturated carbocycles. The third kappa shape index (κ3) is 2.38. The Morgan fingerprint density at radius 1 is 1.00 bits per heavy atom. The molecule has 0 fully saturated rings. The monoisotopic (exact) mass is 354 g/mol. The minimum Gasteiger partial charge on any atom is -0.507 e. The van der Waals surface area contributed by atoms with Gasteiger partial charge >= 0.3 is 0 Å². The number of benzene rings is 3. The lowest BCUT2D eigenvalue weighted by atomic mass is 9.99. The molecule has 0 amide bonds. The predicted octanol–water partition coefficient (Wildman–Crippen LogP) is 3.56. The molecule has 0 bridgehead atoms. The maximum atomic E-state index is 10.7. The van der Waals surface area contributed by atoms with Crippen molar-refractivity contribution in [3.8, 4) is 11.5 Å². The summed E-state index contributed by atoms with van der Waals surface area (Å²) in [5.41, 5.74) is 1.60. The van der Waals surface area contributed by atoms with E-state index in [0.29, 0.717) is 26.8 Å². The van der Waals surface area contributed by atoms with Gasteiger partial charge in [0, 0.05) is 26.0 Å². The molecule has 0 aliphatic heterocycles. The lowest BCUT2D eigenvalue weighted by Gasteiger charge is -2.09. The second-order valence-electron chi connectivity index (χ2n) is 5.27. The van der Waals surface area contributed by atoms with Crippen molar-refractivity contribution in [3.63, 3.8) is 0 Å². The van der Waals surface area contributed by atoms with Gasteiger partial charge in [-0.25, -0.2) is 0 Å². The van der Waals surface area contributed by atoms with Gasteiger partial charge in [0.25, 0.3) is 0 Å². The lowest BCUT2D eigenvalue weighted by molar-refractivity contribution is 0.462. The molecule has 0 atom stereocenters. The van der Waals surface area contributed by atoms with E-state index in [9.17, 15) is 10.2 Å². The largest absolute Gasteiger partial charge is 0.507 e. The molecule has 0 spiro atoms. The second kappa shape index (κ2) is 5.50. The van der Waals surface area contributed by atoms with Gasteiger partial charge in [0.1, 0.15) is 11.5 Å². The number of phenolic OH excluding ortho intramolecular Hbond substituents is 2. The molecule has 0 unspecified atom stereocenters. The zero-order valence-electron chi connectivity index (χ0n) is 12.1. The van der Waals surface area contributed by atoms with Crippen LogP contribution < -0.4 is 10.4 Å². The Labute approximate surface area is 136 Å². The summed E-state index contributed by atoms with van der Waals surface area (Å²) in [6, 6.07) is 13.2. The molecule has 3 aromatic rings. The van der Waals surface area contributed by atoms with Crippen LogP contribution in [0.1, 0.15) is 11.1 Å². The molecule has 22 heavy (non-hydrogen) atoms. The van der Waals surface area contributed by atoms with Gasteiger partial charge in [-0.3, -0.25) is 0 Å². The Hall–Kier alpha value is -2.26. The second-order valence-corrected chi connectivity index (χ2v) is 6.19. The van der Waals surface area contributed by atoms with E-state index in [0.717, 1.165) is 10.0 Å². The molecule has 2 N–H and O–H groups in total. The SMILES string of the molecule is C=c1cccc2c(O)c(C)/c(=C\c3ccc(Br)cc3)c(O)c12. The van der Waals surface area contributed by atoms with Crippen molar-refractivity contribution in [1.82, 2.24) is 0 Å². The first-order valence-electron chi connectivity index (χ1n) is 6.88. The number of fused-ring (bicyclic) bond motifs is 1. The number of aromatic hydroxyl groups is 2. The average Bonchev–Trinajstić information content (AvgIpc) is 2.51. The first-order chi connectivity index (χ1) is 10.5. The highest BCUT2D eigenvalue weighted by atomic mass is 79.9. The highest BCUT2D eigenvalue weighted by Gasteiger charge is 2.12. The molecule has 0 saturated heterocycles. The first-order valence-corrected chi connectivity index (χ1v) is 7.68. The van der Waals surface area contributed by atoms with Crippen LogP contribution in [0.3, 0.4) is 0 Å². The standard InChI is InChI=1S/C19H15BrO2/c1-11-4-3-5-15-17(11)19(22)16(12(2)18(15)21)10-13-6-8-14(20)9-7-13/h3-10,21-22H,1H2,2H3/b16-10+. The quantitative estimate of drug-likeness (QED) is 0.656. The molecule has 2 nitrogen and oxygen atoms in total. The molecule has 110 valence electrons. The smallest absolute Gasteiger partial charge is 0.131 e. The summed E-state index contributed by atoms with van der Waals surface area (Å²) in [5.74, 6) is 0.334. The summed E-state index contributed by atoms with van der Waals surface area (Å²) in [7, 11) is 0. The molecule has 0 radical (unpaired) electrons. The molecule has 3 heteroatoms. The number of halogens is 1. The fourth-order valence-electron chi connectivity index (χ4n) is 2.62. The average molecular weight is 355 g/mol. The van der Waals surface area contributed by atoms with Crippen LogP contribution in [-0.2, 0) is 0 Å². The molecule has 0 aliphatic rings. The van der Waals surface area contributed by atoms with Crippen LogP contribution in [0.25, 0.3) is 23.4 Å². The van der Waals surface area contributed by atoms with Crippen molar-refractivity contribution in [2.24, 2.45) is 0 Å². The van der Waals surface area contributed by atoms with Crippen LogP contribution in [0, 0.1) is 6.92 Å². The molecule has 3 rings (SSSR count). The van der Waals surface area contributed by atoms with Gasteiger partial charge in [0.05, 0.1) is 0 Å². The van der Waals surface area contributed by atoms with E-state index in [4.69, 9.17) is 0 Å². The van der Waals surface area contributed by atoms with Crippen molar-refractivity contribution in [3.05, 3.63) is 68.5 Å². The Morgan fingerprint density at radius 2 is 1.68 bits per heavy atom. The maximum Gasteiger partial charge on any atom is 0.131 e. The van der Waals surface area contributed by atoms with Gasteiger partial charge in [-0.2, -0.15) is 0 Å². The summed E-state index contributed by atoms with van der Waals surface area (Å²) < 4.78 is 0.993. The molecule has 0 aromatic heterocycles. The molecule has 0 heterocycles. The topological polar surface area (TPSA) is 40.5 Å². The van der Waals surface area contributed by atoms with Crippen LogP contribution in [0.4, 0.5) is 0 Å². The van der Waals surface area contributed by atoms with E-state index in [2.05, 4.69) is 22.5 Å². The lowest BCUT2D eigenvalue weighted by Crippen LogP contribution is -2.11. The van der Waals surface area contributed by atoms with Crippen molar-refractivity contribution in [2.45, 2.75) is 6.92 Å². The summed E-state index contributed by atoms with van der Waals surface area (Å²) in [6.45, 7) is 5.75. The van der Waals surface area contributed by atoms with Crippen LogP contribution in [0.5, 0.6) is 11.5 Å². The van der Waals surface area contributed by atoms with Crippen LogP contribution in [0.15, 0.2) is 46.9 Å². The fraction of sp³-hybridized carbons (Fsp3) is 0.0526. The molecular weight excluding hydrogens is 340 g/mol. The number of hydrogen-bond donors (Lipinski definition) is 2. The van der Waals surface area contributed by atoms with Gasteiger partial charge in [0.15, 0.2) is 0 Å². The Kier molecular flexibility index (Phi) is 3.67. The van der Waals surface area contributed by atoms with Crippen molar-refractivity contribution in [2.75, 3.05) is 0 Å². The fourth-order valence-corrected chi connectivity index (χ4v) is 2.89. The third-order valence-electron chi connectivity index (χ3n) is 3.84. The highest BCUT2D eigenvalue weighted by molar-refractivity contribution is 9.10. The molecule has 0 aliphatic carbocycles. The Bertz CT molecular complexity index is 973. The normalized spacial score (nSPS) is 12.0. The third-order valence-corrected chi connectivity index (χ3v) is 4.37. The highest BCUT2D eigenvalue weighted by Crippen LogP contribution is 2.29. The van der Waals surface area contributed by atoms with Gasteiger partial charge in [-0.1, -0.05) is 52.8 Å². The summed E-state index contributed by atoms with van der Waals surface area (Å²) in [4.78, 5) is 0. The van der Waals surface area contributed by atoms with Crippen LogP contribution >= 0.6 is 15.9 Å². The van der Waals surface area contributed by atoms with Gasteiger partial charge < -0.3 is 10.2 Å². The summed E-state index contributed by atoms with van der Waals surface area (Å²) >= 11 is 3.40. The summed E-state index contributed by atoms with van der Waals surface area (Å²) in [5, 5.41) is 23.6. The van der Waals surface area contributed by atoms with E-state index < -0.39 is 0 Å². The van der Waals surface area contributed by atoms with Gasteiger partial charge in [-0.15, -0.1) is 0 Å². The maximum absolute atomic E-state index is 10.7. The number of hydrogen-bond acceptors (Lipinski definition) is 2. The Balaban J connectivity index is 2.42. The Morgan fingerprint density at radius 3 is 2.36 bits per heavy atom. The first kappa shape index (κ1) is 14.7. The zero-order chi connectivity index (χ0) is 15.9. The number of rotatable bonds is 1. The van der Waals surface area contributed by atoms with E-state index in [1.165, 1.54) is 0 Å². The van der Waals surface area contributed by atoms with Crippen molar-refractivity contribution in [1.29, 1.82) is 0 Å². The minimum atomic E-state index is 0.152. The number of phenols is 2. The van der Waals surface area contributed by atoms with Gasteiger partial charge in [0.2, 0.25) is 0 Å². The van der Waals surface area contributed by atoms with Crippen molar-refractivity contribution < 1.29 is 10.2 Å². The minimum absolute atomic E-state index is 0.152. The van der Waals surface area contributed by atoms with Crippen LogP contribution in [-0.4, -0.2) is 10.2 Å². The van der Waals surface area contributed by atoms with E-state index in [1.807, 2.05) is 42.5 Å². The predicted molar refractivity (Wildman–Crippen MR) is 94.5 cm³/mol. The van der Waals surface area contributed by atoms with Crippen LogP contribution in [0.2, 0.25) is 0 Å². The molecular formula is C19H15BrO2. The zero-order valence-corrected chi connectivity index (χ0v) is 13.7. The van der Waals surface area contributed by atoms with Crippen molar-refractivity contribution >= 4 is 39.4 Å². The van der Waals surface area contributed by atoms with E-state index in [-0.39, 0.29) is 11.5 Å². The molecule has 3 aromatic carbocycles. The summed E-state index contributed by atoms with van der Waals surface area (Å²) in [6.07, 6.45) is 1.86. The van der Waals surface area contributed by atoms with Gasteiger partial charge in [-0.05, 0) is 35.9 Å². The van der Waals surface area contributed by atoms with E-state index >= 15 is 0 Å². The van der Waals surface area contributed by atoms with E-state index in [1.54, 1.807) is 13.0 Å².